The summed E-state index contributed by atoms with van der Waals surface area (Å²) in [5.41, 5.74) is 1.22. The van der Waals surface area contributed by atoms with Gasteiger partial charge in [0.2, 0.25) is 10.0 Å². The first-order valence-corrected chi connectivity index (χ1v) is 7.76. The lowest BCUT2D eigenvalue weighted by atomic mass is 10.3. The zero-order valence-corrected chi connectivity index (χ0v) is 12.0. The first-order chi connectivity index (χ1) is 9.33. The summed E-state index contributed by atoms with van der Waals surface area (Å²) in [4.78, 5) is 3.94. The molecule has 0 aliphatic heterocycles. The fourth-order valence-electron chi connectivity index (χ4n) is 1.46. The van der Waals surface area contributed by atoms with Crippen LogP contribution in [0.25, 0.3) is 0 Å². The lowest BCUT2D eigenvalue weighted by Gasteiger charge is -2.08. The molecular formula is C12H11ClFN3O2S. The molecule has 2 rings (SSSR count). The topological polar surface area (TPSA) is 71.1 Å². The molecule has 0 bridgehead atoms. The molecule has 0 amide bonds. The van der Waals surface area contributed by atoms with Crippen LogP contribution < -0.4 is 10.0 Å². The molecule has 1 heterocycles. The Labute approximate surface area is 120 Å². The number of hydrogen-bond donors (Lipinski definition) is 2. The summed E-state index contributed by atoms with van der Waals surface area (Å²) < 4.78 is 37.3. The van der Waals surface area contributed by atoms with E-state index in [0.717, 1.165) is 6.26 Å². The Balaban J connectivity index is 2.12. The van der Waals surface area contributed by atoms with Crippen LogP contribution in [0.5, 0.6) is 0 Å². The van der Waals surface area contributed by atoms with Crippen LogP contribution in [0.3, 0.4) is 0 Å². The molecule has 0 atom stereocenters. The molecule has 8 heteroatoms. The summed E-state index contributed by atoms with van der Waals surface area (Å²) in [5, 5.41) is 2.98. The molecule has 20 heavy (non-hydrogen) atoms. The average Bonchev–Trinajstić information content (AvgIpc) is 2.35. The van der Waals surface area contributed by atoms with E-state index >= 15 is 0 Å². The van der Waals surface area contributed by atoms with E-state index in [4.69, 9.17) is 11.6 Å². The van der Waals surface area contributed by atoms with Crippen molar-refractivity contribution in [3.8, 4) is 0 Å². The second-order valence-corrected chi connectivity index (χ2v) is 6.22. The molecule has 0 spiro atoms. The highest BCUT2D eigenvalue weighted by Gasteiger charge is 2.04. The number of sulfonamides is 1. The van der Waals surface area contributed by atoms with Gasteiger partial charge in [0.1, 0.15) is 11.6 Å². The van der Waals surface area contributed by atoms with Crippen molar-refractivity contribution in [1.29, 1.82) is 0 Å². The van der Waals surface area contributed by atoms with E-state index in [1.165, 1.54) is 30.5 Å². The van der Waals surface area contributed by atoms with Crippen LogP contribution in [0, 0.1) is 5.82 Å². The minimum absolute atomic E-state index is 0.0123. The van der Waals surface area contributed by atoms with E-state index in [1.54, 1.807) is 6.07 Å². The molecular weight excluding hydrogens is 305 g/mol. The summed E-state index contributed by atoms with van der Waals surface area (Å²) in [5.74, 6) is -0.279. The number of anilines is 3. The largest absolute Gasteiger partial charge is 0.354 e. The molecule has 0 aliphatic carbocycles. The number of pyridine rings is 1. The third-order valence-corrected chi connectivity index (χ3v) is 3.13. The van der Waals surface area contributed by atoms with E-state index in [-0.39, 0.29) is 10.8 Å². The van der Waals surface area contributed by atoms with Crippen molar-refractivity contribution in [1.82, 2.24) is 4.98 Å². The maximum atomic E-state index is 13.0. The number of halogens is 2. The Kier molecular flexibility index (Phi) is 4.10. The van der Waals surface area contributed by atoms with Gasteiger partial charge in [0, 0.05) is 5.69 Å². The predicted octanol–water partition coefficient (Wildman–Crippen LogP) is 2.99. The summed E-state index contributed by atoms with van der Waals surface area (Å²) >= 11 is 5.67. The van der Waals surface area contributed by atoms with Gasteiger partial charge in [0.25, 0.3) is 0 Å². The van der Waals surface area contributed by atoms with Gasteiger partial charge in [-0.2, -0.15) is 0 Å². The Bertz CT molecular complexity index is 720. The maximum absolute atomic E-state index is 13.0. The standard InChI is InChI=1S/C12H11ClFN3O2S/c1-20(18,19)17-12-5-3-9(7-15-12)16-8-2-4-11(14)10(13)6-8/h2-7,16H,1H3,(H,15,17). The van der Waals surface area contributed by atoms with Crippen molar-refractivity contribution in [3.05, 3.63) is 47.4 Å². The molecule has 0 unspecified atom stereocenters. The normalized spacial score (nSPS) is 11.2. The number of benzene rings is 1. The molecule has 2 N–H and O–H groups in total. The Morgan fingerprint density at radius 2 is 1.90 bits per heavy atom. The fraction of sp³-hybridized carbons (Fsp3) is 0.0833. The highest BCUT2D eigenvalue weighted by atomic mass is 35.5. The summed E-state index contributed by atoms with van der Waals surface area (Å²) in [7, 11) is -3.35. The second-order valence-electron chi connectivity index (χ2n) is 4.06. The predicted molar refractivity (Wildman–Crippen MR) is 77.4 cm³/mol. The van der Waals surface area contributed by atoms with Gasteiger partial charge < -0.3 is 5.32 Å². The van der Waals surface area contributed by atoms with E-state index < -0.39 is 15.8 Å². The van der Waals surface area contributed by atoms with Crippen LogP contribution in [-0.2, 0) is 10.0 Å². The van der Waals surface area contributed by atoms with Crippen molar-refractivity contribution < 1.29 is 12.8 Å². The van der Waals surface area contributed by atoms with E-state index in [0.29, 0.717) is 11.4 Å². The van der Waals surface area contributed by atoms with Crippen LogP contribution in [0.1, 0.15) is 0 Å². The minimum Gasteiger partial charge on any atom is -0.354 e. The highest BCUT2D eigenvalue weighted by molar-refractivity contribution is 7.92. The monoisotopic (exact) mass is 315 g/mol. The summed E-state index contributed by atoms with van der Waals surface area (Å²) in [6.07, 6.45) is 2.49. The van der Waals surface area contributed by atoms with Gasteiger partial charge in [-0.25, -0.2) is 17.8 Å². The third-order valence-electron chi connectivity index (χ3n) is 2.26. The molecule has 0 saturated heterocycles. The quantitative estimate of drug-likeness (QED) is 0.910. The number of rotatable bonds is 4. The molecule has 0 radical (unpaired) electrons. The lowest BCUT2D eigenvalue weighted by molar-refractivity contribution is 0.606. The number of nitrogens with zero attached hydrogens (tertiary/aromatic N) is 1. The summed E-state index contributed by atoms with van der Waals surface area (Å²) in [6.45, 7) is 0. The Hall–Kier alpha value is -1.86. The van der Waals surface area contributed by atoms with Gasteiger partial charge in [-0.3, -0.25) is 4.72 Å². The Morgan fingerprint density at radius 1 is 1.20 bits per heavy atom. The molecule has 2 aromatic rings. The van der Waals surface area contributed by atoms with Crippen LogP contribution in [0.2, 0.25) is 5.02 Å². The van der Waals surface area contributed by atoms with E-state index in [2.05, 4.69) is 15.0 Å². The molecule has 1 aromatic carbocycles. The van der Waals surface area contributed by atoms with Crippen molar-refractivity contribution in [2.75, 3.05) is 16.3 Å². The van der Waals surface area contributed by atoms with Crippen LogP contribution in [0.4, 0.5) is 21.6 Å². The smallest absolute Gasteiger partial charge is 0.230 e. The van der Waals surface area contributed by atoms with Gasteiger partial charge in [0.15, 0.2) is 0 Å². The van der Waals surface area contributed by atoms with E-state index in [1.807, 2.05) is 0 Å². The zero-order valence-electron chi connectivity index (χ0n) is 10.4. The van der Waals surface area contributed by atoms with Gasteiger partial charge in [-0.05, 0) is 30.3 Å². The number of aromatic nitrogens is 1. The molecule has 5 nitrogen and oxygen atoms in total. The third kappa shape index (κ3) is 4.07. The van der Waals surface area contributed by atoms with Gasteiger partial charge >= 0.3 is 0 Å². The van der Waals surface area contributed by atoms with Crippen molar-refractivity contribution in [3.63, 3.8) is 0 Å². The minimum atomic E-state index is -3.35. The molecule has 0 fully saturated rings. The van der Waals surface area contributed by atoms with Crippen LogP contribution in [0.15, 0.2) is 36.5 Å². The molecule has 106 valence electrons. The average molecular weight is 316 g/mol. The van der Waals surface area contributed by atoms with Crippen molar-refractivity contribution >= 4 is 38.8 Å². The number of hydrogen-bond acceptors (Lipinski definition) is 4. The van der Waals surface area contributed by atoms with E-state index in [9.17, 15) is 12.8 Å². The van der Waals surface area contributed by atoms with Crippen LogP contribution >= 0.6 is 11.6 Å². The van der Waals surface area contributed by atoms with Crippen molar-refractivity contribution in [2.45, 2.75) is 0 Å². The van der Waals surface area contributed by atoms with Crippen molar-refractivity contribution in [2.24, 2.45) is 0 Å². The maximum Gasteiger partial charge on any atom is 0.230 e. The molecule has 1 aromatic heterocycles. The number of nitrogens with one attached hydrogen (secondary N) is 2. The first-order valence-electron chi connectivity index (χ1n) is 5.49. The van der Waals surface area contributed by atoms with Gasteiger partial charge in [-0.15, -0.1) is 0 Å². The fourth-order valence-corrected chi connectivity index (χ4v) is 2.14. The van der Waals surface area contributed by atoms with Gasteiger partial charge in [0.05, 0.1) is 23.2 Å². The zero-order chi connectivity index (χ0) is 14.8. The SMILES string of the molecule is CS(=O)(=O)Nc1ccc(Nc2ccc(F)c(Cl)c2)cn1. The molecule has 0 aliphatic rings. The first kappa shape index (κ1) is 14.5. The lowest BCUT2D eigenvalue weighted by Crippen LogP contribution is -2.10. The molecule has 0 saturated carbocycles. The highest BCUT2D eigenvalue weighted by Crippen LogP contribution is 2.22. The van der Waals surface area contributed by atoms with Crippen LogP contribution in [-0.4, -0.2) is 19.7 Å². The summed E-state index contributed by atoms with van der Waals surface area (Å²) in [6, 6.07) is 7.37. The second kappa shape index (κ2) is 5.64. The Morgan fingerprint density at radius 3 is 2.45 bits per heavy atom. The van der Waals surface area contributed by atoms with Gasteiger partial charge in [-0.1, -0.05) is 11.6 Å².